The van der Waals surface area contributed by atoms with E-state index in [1.54, 1.807) is 27.8 Å². The Labute approximate surface area is 174 Å². The Hall–Kier alpha value is -1.99. The number of aromatic nitrogens is 1. The third-order valence-electron chi connectivity index (χ3n) is 4.00. The van der Waals surface area contributed by atoms with Crippen molar-refractivity contribution in [1.82, 2.24) is 10.3 Å². The molecule has 1 amide bonds. The molecule has 0 saturated heterocycles. The molecule has 0 saturated carbocycles. The van der Waals surface area contributed by atoms with Crippen LogP contribution in [0.4, 0.5) is 5.69 Å². The summed E-state index contributed by atoms with van der Waals surface area (Å²) in [4.78, 5) is 26.7. The van der Waals surface area contributed by atoms with Crippen LogP contribution in [-0.2, 0) is 4.79 Å². The topological polar surface area (TPSA) is 71.1 Å². The van der Waals surface area contributed by atoms with Crippen LogP contribution in [0, 0.1) is 0 Å². The van der Waals surface area contributed by atoms with Crippen molar-refractivity contribution in [2.75, 3.05) is 24.2 Å². The van der Waals surface area contributed by atoms with Gasteiger partial charge in [0.25, 0.3) is 0 Å². The first kappa shape index (κ1) is 22.3. The van der Waals surface area contributed by atoms with Crippen molar-refractivity contribution in [3.63, 3.8) is 0 Å². The van der Waals surface area contributed by atoms with Gasteiger partial charge in [-0.05, 0) is 60.0 Å². The van der Waals surface area contributed by atoms with E-state index in [1.807, 2.05) is 42.5 Å². The second-order valence-electron chi connectivity index (χ2n) is 6.25. The molecule has 0 spiro atoms. The maximum Gasteiger partial charge on any atom is 0.220 e. The van der Waals surface area contributed by atoms with Gasteiger partial charge in [0.15, 0.2) is 0 Å². The number of nitrogens with one attached hydrogen (secondary N) is 2. The van der Waals surface area contributed by atoms with E-state index >= 15 is 0 Å². The molecule has 2 N–H and O–H groups in total. The van der Waals surface area contributed by atoms with Crippen molar-refractivity contribution < 1.29 is 9.59 Å². The van der Waals surface area contributed by atoms with Crippen LogP contribution in [-0.4, -0.2) is 36.0 Å². The number of pyridine rings is 1. The van der Waals surface area contributed by atoms with Crippen LogP contribution < -0.4 is 10.6 Å². The van der Waals surface area contributed by atoms with E-state index in [0.29, 0.717) is 12.0 Å². The molecule has 0 bridgehead atoms. The molecule has 2 rings (SSSR count). The summed E-state index contributed by atoms with van der Waals surface area (Å²) in [6.07, 6.45) is 7.50. The lowest BCUT2D eigenvalue weighted by Gasteiger charge is -2.07. The fourth-order valence-electron chi connectivity index (χ4n) is 2.46. The van der Waals surface area contributed by atoms with Crippen LogP contribution in [0.1, 0.15) is 42.5 Å². The molecule has 150 valence electrons. The molecule has 7 heteroatoms. The first-order chi connectivity index (χ1) is 13.8. The van der Waals surface area contributed by atoms with Gasteiger partial charge in [0.2, 0.25) is 5.91 Å². The van der Waals surface area contributed by atoms with E-state index in [-0.39, 0.29) is 5.91 Å². The fraction of sp³-hybridized carbons (Fsp3) is 0.381. The zero-order valence-electron chi connectivity index (χ0n) is 15.9. The lowest BCUT2D eigenvalue weighted by molar-refractivity contribution is -0.120. The van der Waals surface area contributed by atoms with Crippen LogP contribution in [0.2, 0.25) is 0 Å². The summed E-state index contributed by atoms with van der Waals surface area (Å²) in [6.45, 7) is 1.66. The molecule has 5 nitrogen and oxygen atoms in total. The number of rotatable bonds is 14. The van der Waals surface area contributed by atoms with Crippen LogP contribution in [0.15, 0.2) is 53.7 Å². The van der Waals surface area contributed by atoms with E-state index < -0.39 is 0 Å². The summed E-state index contributed by atoms with van der Waals surface area (Å²) in [5.41, 5.74) is 1.73. The molecule has 1 aromatic carbocycles. The molecule has 0 aliphatic carbocycles. The van der Waals surface area contributed by atoms with Crippen LogP contribution in [0.3, 0.4) is 0 Å². The zero-order valence-corrected chi connectivity index (χ0v) is 17.6. The molecule has 1 aromatic heterocycles. The van der Waals surface area contributed by atoms with Crippen molar-refractivity contribution in [1.29, 1.82) is 0 Å². The van der Waals surface area contributed by atoms with Gasteiger partial charge in [-0.15, -0.1) is 0 Å². The minimum absolute atomic E-state index is 0.120. The van der Waals surface area contributed by atoms with Crippen molar-refractivity contribution in [3.05, 3.63) is 54.2 Å². The van der Waals surface area contributed by atoms with Crippen molar-refractivity contribution in [2.45, 2.75) is 37.1 Å². The molecule has 0 aliphatic rings. The summed E-state index contributed by atoms with van der Waals surface area (Å²) in [5, 5.41) is 7.31. The Kier molecular flexibility index (Phi) is 11.2. The maximum atomic E-state index is 11.8. The van der Waals surface area contributed by atoms with Crippen molar-refractivity contribution in [2.24, 2.45) is 0 Å². The molecule has 0 radical (unpaired) electrons. The highest BCUT2D eigenvalue weighted by molar-refractivity contribution is 8.76. The predicted octanol–water partition coefficient (Wildman–Crippen LogP) is 4.81. The first-order valence-electron chi connectivity index (χ1n) is 9.54. The molecule has 0 unspecified atom stereocenters. The molecule has 28 heavy (non-hydrogen) atoms. The van der Waals surface area contributed by atoms with Crippen LogP contribution in [0.25, 0.3) is 0 Å². The normalized spacial score (nSPS) is 10.4. The second-order valence-corrected chi connectivity index (χ2v) is 8.69. The maximum absolute atomic E-state index is 11.8. The Bertz CT molecular complexity index is 697. The number of aldehydes is 1. The van der Waals surface area contributed by atoms with Gasteiger partial charge in [0.1, 0.15) is 11.3 Å². The van der Waals surface area contributed by atoms with Gasteiger partial charge in [-0.25, -0.2) is 4.98 Å². The van der Waals surface area contributed by atoms with E-state index in [1.165, 1.54) is 0 Å². The number of carbonyl (C=O) groups excluding carboxylic acids is 2. The predicted molar refractivity (Wildman–Crippen MR) is 119 cm³/mol. The molecule has 1 heterocycles. The SMILES string of the molecule is O=Cc1ccc(NCCCCCCNC(=O)CCSSc2ccccn2)cc1. The van der Waals surface area contributed by atoms with Gasteiger partial charge in [-0.3, -0.25) is 9.59 Å². The Morgan fingerprint density at radius 1 is 1.00 bits per heavy atom. The van der Waals surface area contributed by atoms with Gasteiger partial charge in [-0.1, -0.05) is 29.7 Å². The average Bonchev–Trinajstić information content (AvgIpc) is 2.74. The molecule has 0 aliphatic heterocycles. The minimum Gasteiger partial charge on any atom is -0.385 e. The number of amides is 1. The minimum atomic E-state index is 0.120. The monoisotopic (exact) mass is 417 g/mol. The number of anilines is 1. The average molecular weight is 418 g/mol. The van der Waals surface area contributed by atoms with Gasteiger partial charge >= 0.3 is 0 Å². The summed E-state index contributed by atoms with van der Waals surface area (Å²) in [5.74, 6) is 0.904. The third kappa shape index (κ3) is 9.80. The van der Waals surface area contributed by atoms with E-state index in [9.17, 15) is 9.59 Å². The highest BCUT2D eigenvalue weighted by Crippen LogP contribution is 2.29. The Morgan fingerprint density at radius 3 is 2.50 bits per heavy atom. The summed E-state index contributed by atoms with van der Waals surface area (Å²) < 4.78 is 0. The molecular formula is C21H27N3O2S2. The number of hydrogen-bond acceptors (Lipinski definition) is 6. The standard InChI is InChI=1S/C21H27N3O2S2/c25-17-18-8-10-19(11-9-18)22-13-4-1-2-5-14-23-20(26)12-16-27-28-21-7-3-6-15-24-21/h3,6-11,15,17,22H,1-2,4-5,12-14,16H2,(H,23,26). The van der Waals surface area contributed by atoms with E-state index in [4.69, 9.17) is 0 Å². The van der Waals surface area contributed by atoms with Crippen molar-refractivity contribution in [3.8, 4) is 0 Å². The number of benzene rings is 1. The zero-order chi connectivity index (χ0) is 19.9. The molecular weight excluding hydrogens is 390 g/mol. The molecule has 2 aromatic rings. The van der Waals surface area contributed by atoms with Gasteiger partial charge in [0.05, 0.1) is 0 Å². The van der Waals surface area contributed by atoms with Gasteiger partial charge in [0, 0.05) is 42.7 Å². The largest absolute Gasteiger partial charge is 0.385 e. The van der Waals surface area contributed by atoms with E-state index in [0.717, 1.165) is 61.5 Å². The fourth-order valence-corrected chi connectivity index (χ4v) is 4.33. The van der Waals surface area contributed by atoms with Crippen LogP contribution >= 0.6 is 21.6 Å². The molecule has 0 atom stereocenters. The summed E-state index contributed by atoms with van der Waals surface area (Å²) in [6, 6.07) is 13.3. The van der Waals surface area contributed by atoms with Gasteiger partial charge < -0.3 is 10.6 Å². The van der Waals surface area contributed by atoms with Crippen LogP contribution in [0.5, 0.6) is 0 Å². The lowest BCUT2D eigenvalue weighted by atomic mass is 10.2. The quantitative estimate of drug-likeness (QED) is 0.261. The van der Waals surface area contributed by atoms with E-state index in [2.05, 4.69) is 15.6 Å². The highest BCUT2D eigenvalue weighted by atomic mass is 33.1. The number of nitrogens with zero attached hydrogens (tertiary/aromatic N) is 1. The third-order valence-corrected chi connectivity index (χ3v) is 6.26. The number of carbonyl (C=O) groups is 2. The first-order valence-corrected chi connectivity index (χ1v) is 11.9. The van der Waals surface area contributed by atoms with Crippen molar-refractivity contribution >= 4 is 39.5 Å². The lowest BCUT2D eigenvalue weighted by Crippen LogP contribution is -2.24. The molecule has 0 fully saturated rings. The second kappa shape index (κ2) is 14.1. The summed E-state index contributed by atoms with van der Waals surface area (Å²) >= 11 is 0. The Balaban J connectivity index is 1.39. The van der Waals surface area contributed by atoms with Gasteiger partial charge in [-0.2, -0.15) is 0 Å². The summed E-state index contributed by atoms with van der Waals surface area (Å²) in [7, 11) is 3.26. The number of hydrogen-bond donors (Lipinski definition) is 2. The highest BCUT2D eigenvalue weighted by Gasteiger charge is 2.02. The smallest absolute Gasteiger partial charge is 0.220 e. The Morgan fingerprint density at radius 2 is 1.79 bits per heavy atom. The number of unbranched alkanes of at least 4 members (excludes halogenated alkanes) is 3.